The predicted molar refractivity (Wildman–Crippen MR) is 182 cm³/mol. The molecule has 0 aliphatic carbocycles. The van der Waals surface area contributed by atoms with Crippen molar-refractivity contribution < 1.29 is 17.8 Å². The Bertz CT molecular complexity index is 2040. The average Bonchev–Trinajstić information content (AvgIpc) is 3.07. The van der Waals surface area contributed by atoms with Gasteiger partial charge in [-0.2, -0.15) is 8.42 Å². The van der Waals surface area contributed by atoms with E-state index in [1.165, 1.54) is 6.07 Å². The van der Waals surface area contributed by atoms with Crippen molar-refractivity contribution in [2.24, 2.45) is 0 Å². The second-order valence-corrected chi connectivity index (χ2v) is 15.0. The van der Waals surface area contributed by atoms with Crippen molar-refractivity contribution >= 4 is 38.6 Å². The number of rotatable bonds is 9. The standard InChI is InChI=1S/C38H28O4S3/c1-27-12-25-36(45(40,41)42)26-37(27)44(34-10-6-3-7-11-34)35-23-17-29(18-24-35)28-13-19-32(20-14-28)43-33-21-15-31(16-22-33)38(39)30-8-4-2-5-9-30/h2-26H,1H3/p+1. The molecule has 7 heteroatoms. The van der Waals surface area contributed by atoms with Crippen molar-refractivity contribution in [3.05, 3.63) is 168 Å². The first-order chi connectivity index (χ1) is 21.8. The number of benzene rings is 6. The minimum Gasteiger partial charge on any atom is -0.289 e. The van der Waals surface area contributed by atoms with Gasteiger partial charge in [-0.25, -0.2) is 0 Å². The van der Waals surface area contributed by atoms with Crippen LogP contribution in [0.4, 0.5) is 0 Å². The van der Waals surface area contributed by atoms with Crippen molar-refractivity contribution in [1.29, 1.82) is 0 Å². The van der Waals surface area contributed by atoms with Crippen molar-refractivity contribution in [3.63, 3.8) is 0 Å². The number of aryl methyl sites for hydroxylation is 1. The molecule has 1 N–H and O–H groups in total. The lowest BCUT2D eigenvalue weighted by Crippen LogP contribution is -2.08. The Morgan fingerprint density at radius 2 is 1.09 bits per heavy atom. The van der Waals surface area contributed by atoms with Crippen LogP contribution >= 0.6 is 11.8 Å². The lowest BCUT2D eigenvalue weighted by Gasteiger charge is -2.12. The van der Waals surface area contributed by atoms with Gasteiger partial charge >= 0.3 is 0 Å². The summed E-state index contributed by atoms with van der Waals surface area (Å²) >= 11 is 1.64. The molecule has 1 unspecified atom stereocenters. The van der Waals surface area contributed by atoms with Crippen molar-refractivity contribution in [3.8, 4) is 11.1 Å². The maximum Gasteiger partial charge on any atom is 0.294 e. The lowest BCUT2D eigenvalue weighted by atomic mass is 10.0. The quantitative estimate of drug-likeness (QED) is 0.0964. The van der Waals surface area contributed by atoms with Gasteiger partial charge in [0.1, 0.15) is 0 Å². The van der Waals surface area contributed by atoms with Crippen LogP contribution in [0.25, 0.3) is 11.1 Å². The van der Waals surface area contributed by atoms with E-state index in [0.717, 1.165) is 41.2 Å². The van der Waals surface area contributed by atoms with Crippen LogP contribution in [-0.4, -0.2) is 18.8 Å². The highest BCUT2D eigenvalue weighted by Crippen LogP contribution is 2.36. The Morgan fingerprint density at radius 1 is 0.600 bits per heavy atom. The molecule has 0 aliphatic rings. The van der Waals surface area contributed by atoms with Crippen LogP contribution in [0.2, 0.25) is 0 Å². The molecule has 4 nitrogen and oxygen atoms in total. The molecule has 6 aromatic carbocycles. The van der Waals surface area contributed by atoms with Crippen LogP contribution in [0.3, 0.4) is 0 Å². The van der Waals surface area contributed by atoms with Gasteiger partial charge in [-0.1, -0.05) is 78.5 Å². The van der Waals surface area contributed by atoms with Crippen LogP contribution in [0.5, 0.6) is 0 Å². The van der Waals surface area contributed by atoms with E-state index in [2.05, 4.69) is 48.5 Å². The number of carbonyl (C=O) groups excluding carboxylic acids is 1. The molecule has 6 rings (SSSR count). The van der Waals surface area contributed by atoms with E-state index in [1.54, 1.807) is 23.9 Å². The van der Waals surface area contributed by atoms with E-state index in [0.29, 0.717) is 11.1 Å². The fourth-order valence-corrected chi connectivity index (χ4v) is 8.62. The fraction of sp³-hybridized carbons (Fsp3) is 0.0263. The van der Waals surface area contributed by atoms with E-state index in [4.69, 9.17) is 0 Å². The van der Waals surface area contributed by atoms with Gasteiger partial charge in [-0.15, -0.1) is 0 Å². The monoisotopic (exact) mass is 645 g/mol. The van der Waals surface area contributed by atoms with E-state index in [1.807, 2.05) is 91.9 Å². The predicted octanol–water partition coefficient (Wildman–Crippen LogP) is 9.39. The first-order valence-electron chi connectivity index (χ1n) is 14.2. The molecule has 0 spiro atoms. The van der Waals surface area contributed by atoms with Crippen LogP contribution in [0.1, 0.15) is 21.5 Å². The molecule has 0 heterocycles. The first-order valence-corrected chi connectivity index (χ1v) is 17.7. The normalized spacial score (nSPS) is 12.0. The van der Waals surface area contributed by atoms with Gasteiger partial charge in [0.25, 0.3) is 10.1 Å². The highest BCUT2D eigenvalue weighted by Gasteiger charge is 2.31. The van der Waals surface area contributed by atoms with Crippen LogP contribution in [-0.2, 0) is 21.0 Å². The SMILES string of the molecule is Cc1ccc(S(=O)(=O)O)cc1[S+](c1ccccc1)c1ccc(-c2ccc(Sc3ccc(C(=O)c4ccccc4)cc3)cc2)cc1. The van der Waals surface area contributed by atoms with Crippen molar-refractivity contribution in [1.82, 2.24) is 0 Å². The molecule has 0 amide bonds. The minimum atomic E-state index is -4.33. The molecular formula is C38H29O4S3+. The summed E-state index contributed by atoms with van der Waals surface area (Å²) in [5.41, 5.74) is 4.45. The Hall–Kier alpha value is -4.40. The van der Waals surface area contributed by atoms with Crippen molar-refractivity contribution in [2.45, 2.75) is 36.3 Å². The van der Waals surface area contributed by atoms with Gasteiger partial charge < -0.3 is 0 Å². The molecule has 0 aromatic heterocycles. The summed E-state index contributed by atoms with van der Waals surface area (Å²) in [6, 6.07) is 48.5. The summed E-state index contributed by atoms with van der Waals surface area (Å²) in [6.45, 7) is 1.96. The molecule has 0 fully saturated rings. The molecule has 0 saturated carbocycles. The molecule has 6 aromatic rings. The smallest absolute Gasteiger partial charge is 0.289 e. The van der Waals surface area contributed by atoms with E-state index in [9.17, 15) is 17.8 Å². The zero-order chi connectivity index (χ0) is 31.4. The Labute approximate surface area is 270 Å². The van der Waals surface area contributed by atoms with E-state index < -0.39 is 21.0 Å². The fourth-order valence-electron chi connectivity index (χ4n) is 4.97. The summed E-state index contributed by atoms with van der Waals surface area (Å²) < 4.78 is 33.6. The third-order valence-corrected chi connectivity index (χ3v) is 11.6. The highest BCUT2D eigenvalue weighted by atomic mass is 32.2. The number of ketones is 1. The molecule has 45 heavy (non-hydrogen) atoms. The summed E-state index contributed by atoms with van der Waals surface area (Å²) in [5.74, 6) is 0.0138. The third-order valence-electron chi connectivity index (χ3n) is 7.32. The van der Waals surface area contributed by atoms with E-state index >= 15 is 0 Å². The first kappa shape index (κ1) is 30.6. The Morgan fingerprint density at radius 3 is 1.67 bits per heavy atom. The van der Waals surface area contributed by atoms with E-state index in [-0.39, 0.29) is 10.7 Å². The van der Waals surface area contributed by atoms with Gasteiger partial charge in [0, 0.05) is 32.5 Å². The molecular weight excluding hydrogens is 617 g/mol. The molecule has 0 aliphatic heterocycles. The maximum absolute atomic E-state index is 12.7. The highest BCUT2D eigenvalue weighted by molar-refractivity contribution is 7.99. The average molecular weight is 646 g/mol. The maximum atomic E-state index is 12.7. The lowest BCUT2D eigenvalue weighted by molar-refractivity contribution is 0.103. The summed E-state index contributed by atoms with van der Waals surface area (Å²) in [7, 11) is -4.91. The second-order valence-electron chi connectivity index (χ2n) is 10.4. The van der Waals surface area contributed by atoms with Gasteiger partial charge in [0.15, 0.2) is 20.5 Å². The zero-order valence-electron chi connectivity index (χ0n) is 24.3. The molecule has 0 radical (unpaired) electrons. The van der Waals surface area contributed by atoms with Crippen LogP contribution in [0, 0.1) is 6.92 Å². The minimum absolute atomic E-state index is 0.0138. The third kappa shape index (κ3) is 7.13. The summed E-state index contributed by atoms with van der Waals surface area (Å²) in [4.78, 5) is 17.7. The number of hydrogen-bond acceptors (Lipinski definition) is 4. The van der Waals surface area contributed by atoms with Gasteiger partial charge in [0.2, 0.25) is 0 Å². The second kappa shape index (κ2) is 13.3. The summed E-state index contributed by atoms with van der Waals surface area (Å²) in [5, 5.41) is 0. The van der Waals surface area contributed by atoms with Gasteiger partial charge in [-0.05, 0) is 96.9 Å². The largest absolute Gasteiger partial charge is 0.294 e. The Balaban J connectivity index is 1.21. The molecule has 0 bridgehead atoms. The van der Waals surface area contributed by atoms with Gasteiger partial charge in [-0.3, -0.25) is 9.35 Å². The van der Waals surface area contributed by atoms with Crippen molar-refractivity contribution in [2.75, 3.05) is 0 Å². The molecule has 222 valence electrons. The number of carbonyl (C=O) groups is 1. The molecule has 0 saturated heterocycles. The number of hydrogen-bond donors (Lipinski definition) is 1. The molecule has 1 atom stereocenters. The Kier molecular flexibility index (Phi) is 9.05. The van der Waals surface area contributed by atoms with Gasteiger partial charge in [0.05, 0.1) is 15.8 Å². The topological polar surface area (TPSA) is 71.4 Å². The van der Waals surface area contributed by atoms with Crippen LogP contribution < -0.4 is 0 Å². The summed E-state index contributed by atoms with van der Waals surface area (Å²) in [6.07, 6.45) is 0. The van der Waals surface area contributed by atoms with Crippen LogP contribution in [0.15, 0.2) is 181 Å². The zero-order valence-corrected chi connectivity index (χ0v) is 26.8.